The van der Waals surface area contributed by atoms with Crippen molar-refractivity contribution in [3.05, 3.63) is 176 Å². The Morgan fingerprint density at radius 3 is 1.77 bits per heavy atom. The summed E-state index contributed by atoms with van der Waals surface area (Å²) in [6, 6.07) is 62.0. The fourth-order valence-electron chi connectivity index (χ4n) is 8.32. The SMILES string of the molecule is c1ccc(-c2nc(-c3ccccc3)nc(-c3cccc4c3sc3cccc(-c5cc(-c6ccc7sc8ccccc8c7c6)cc6oc7ccccc7c56)c34)n2)cc1. The van der Waals surface area contributed by atoms with Crippen LogP contribution in [-0.2, 0) is 0 Å². The van der Waals surface area contributed by atoms with Crippen LogP contribution in [0.2, 0.25) is 0 Å². The first kappa shape index (κ1) is 32.3. The summed E-state index contributed by atoms with van der Waals surface area (Å²) in [5.74, 6) is 1.96. The van der Waals surface area contributed by atoms with Crippen molar-refractivity contribution in [3.63, 3.8) is 0 Å². The summed E-state index contributed by atoms with van der Waals surface area (Å²) in [4.78, 5) is 15.2. The van der Waals surface area contributed by atoms with Crippen LogP contribution in [0.15, 0.2) is 180 Å². The maximum absolute atomic E-state index is 6.65. The molecule has 0 saturated heterocycles. The molecule has 0 aliphatic heterocycles. The van der Waals surface area contributed by atoms with Crippen molar-refractivity contribution in [1.82, 2.24) is 15.0 Å². The monoisotopic (exact) mass is 763 g/mol. The Balaban J connectivity index is 1.10. The van der Waals surface area contributed by atoms with Crippen LogP contribution in [0.5, 0.6) is 0 Å². The molecule has 0 radical (unpaired) electrons. The molecule has 6 heteroatoms. The van der Waals surface area contributed by atoms with E-state index in [0.29, 0.717) is 17.5 Å². The lowest BCUT2D eigenvalue weighted by Gasteiger charge is -2.11. The Hall–Kier alpha value is -6.99. The Labute approximate surface area is 335 Å². The van der Waals surface area contributed by atoms with Gasteiger partial charge in [0.1, 0.15) is 11.2 Å². The molecule has 0 aliphatic carbocycles. The first-order valence-corrected chi connectivity index (χ1v) is 20.6. The molecule has 8 aromatic carbocycles. The topological polar surface area (TPSA) is 51.8 Å². The van der Waals surface area contributed by atoms with Gasteiger partial charge in [0, 0.05) is 67.8 Å². The predicted molar refractivity (Wildman–Crippen MR) is 240 cm³/mol. The van der Waals surface area contributed by atoms with Crippen LogP contribution in [-0.4, -0.2) is 15.0 Å². The highest BCUT2D eigenvalue weighted by Crippen LogP contribution is 2.48. The third-order valence-corrected chi connectivity index (χ3v) is 13.3. The minimum atomic E-state index is 0.651. The van der Waals surface area contributed by atoms with Crippen LogP contribution in [0.3, 0.4) is 0 Å². The van der Waals surface area contributed by atoms with E-state index in [1.54, 1.807) is 11.3 Å². The van der Waals surface area contributed by atoms with Gasteiger partial charge < -0.3 is 4.42 Å². The van der Waals surface area contributed by atoms with Gasteiger partial charge in [-0.15, -0.1) is 22.7 Å². The number of nitrogens with zero attached hydrogens (tertiary/aromatic N) is 3. The maximum atomic E-state index is 6.65. The van der Waals surface area contributed by atoms with Crippen LogP contribution < -0.4 is 0 Å². The molecule has 0 bridgehead atoms. The van der Waals surface area contributed by atoms with Crippen LogP contribution in [0.25, 0.3) is 119 Å². The average molecular weight is 764 g/mol. The fourth-order valence-corrected chi connectivity index (χ4v) is 10.6. The van der Waals surface area contributed by atoms with Crippen molar-refractivity contribution in [3.8, 4) is 56.4 Å². The predicted octanol–water partition coefficient (Wildman–Crippen LogP) is 14.8. The van der Waals surface area contributed by atoms with E-state index < -0.39 is 0 Å². The van der Waals surface area contributed by atoms with Crippen molar-refractivity contribution in [2.45, 2.75) is 0 Å². The first-order chi connectivity index (χ1) is 28.2. The van der Waals surface area contributed by atoms with Gasteiger partial charge in [-0.3, -0.25) is 0 Å². The third-order valence-electron chi connectivity index (χ3n) is 10.9. The molecule has 266 valence electrons. The number of rotatable bonds is 5. The van der Waals surface area contributed by atoms with Gasteiger partial charge in [-0.1, -0.05) is 127 Å². The van der Waals surface area contributed by atoms with Crippen molar-refractivity contribution < 1.29 is 4.42 Å². The van der Waals surface area contributed by atoms with Gasteiger partial charge in [-0.2, -0.15) is 0 Å². The highest BCUT2D eigenvalue weighted by Gasteiger charge is 2.21. The molecule has 12 rings (SSSR count). The molecule has 0 amide bonds. The molecule has 4 nitrogen and oxygen atoms in total. The minimum absolute atomic E-state index is 0.651. The summed E-state index contributed by atoms with van der Waals surface area (Å²) in [5.41, 5.74) is 9.25. The lowest BCUT2D eigenvalue weighted by Crippen LogP contribution is -2.00. The van der Waals surface area contributed by atoms with Crippen molar-refractivity contribution >= 4 is 85.0 Å². The smallest absolute Gasteiger partial charge is 0.165 e. The molecule has 0 aliphatic rings. The van der Waals surface area contributed by atoms with Crippen LogP contribution >= 0.6 is 22.7 Å². The molecule has 0 spiro atoms. The van der Waals surface area contributed by atoms with Crippen LogP contribution in [0, 0.1) is 0 Å². The summed E-state index contributed by atoms with van der Waals surface area (Å²) in [6.45, 7) is 0. The lowest BCUT2D eigenvalue weighted by atomic mass is 9.91. The molecule has 0 N–H and O–H groups in total. The zero-order valence-electron chi connectivity index (χ0n) is 30.3. The number of hydrogen-bond acceptors (Lipinski definition) is 6. The highest BCUT2D eigenvalue weighted by atomic mass is 32.1. The van der Waals surface area contributed by atoms with Gasteiger partial charge in [-0.25, -0.2) is 15.0 Å². The van der Waals surface area contributed by atoms with E-state index >= 15 is 0 Å². The van der Waals surface area contributed by atoms with E-state index in [0.717, 1.165) is 60.0 Å². The first-order valence-electron chi connectivity index (χ1n) is 18.9. The van der Waals surface area contributed by atoms with Gasteiger partial charge in [-0.05, 0) is 70.8 Å². The van der Waals surface area contributed by atoms with Gasteiger partial charge in [0.15, 0.2) is 17.5 Å². The molecule has 4 aromatic heterocycles. The van der Waals surface area contributed by atoms with E-state index in [2.05, 4.69) is 133 Å². The fraction of sp³-hybridized carbons (Fsp3) is 0. The number of aromatic nitrogens is 3. The molecule has 4 heterocycles. The summed E-state index contributed by atoms with van der Waals surface area (Å²) >= 11 is 3.63. The zero-order chi connectivity index (χ0) is 37.5. The van der Waals surface area contributed by atoms with E-state index in [-0.39, 0.29) is 0 Å². The normalized spacial score (nSPS) is 11.9. The molecular weight excluding hydrogens is 735 g/mol. The summed E-state index contributed by atoms with van der Waals surface area (Å²) in [5, 5.41) is 7.18. The number of para-hydroxylation sites is 1. The number of furan rings is 1. The lowest BCUT2D eigenvalue weighted by molar-refractivity contribution is 0.669. The number of hydrogen-bond donors (Lipinski definition) is 0. The standard InChI is InChI=1S/C51H29N3OS2/c1-3-13-30(14-4-1)49-52-50(31-15-5-2-6-16-31)54-51(53-49)38-21-11-20-37-47-35(19-12-24-45(47)57-48(37)38)40-28-33(29-42-46(40)36-18-7-9-22-41(36)55-42)32-25-26-44-39(27-32)34-17-8-10-23-43(34)56-44/h1-29H. The molecule has 0 saturated carbocycles. The molecular formula is C51H29N3OS2. The van der Waals surface area contributed by atoms with Gasteiger partial charge >= 0.3 is 0 Å². The minimum Gasteiger partial charge on any atom is -0.456 e. The second kappa shape index (κ2) is 12.8. The van der Waals surface area contributed by atoms with Gasteiger partial charge in [0.25, 0.3) is 0 Å². The van der Waals surface area contributed by atoms with Crippen LogP contribution in [0.4, 0.5) is 0 Å². The Morgan fingerprint density at radius 2 is 0.965 bits per heavy atom. The van der Waals surface area contributed by atoms with E-state index in [1.165, 1.54) is 41.2 Å². The van der Waals surface area contributed by atoms with Gasteiger partial charge in [0.05, 0.1) is 0 Å². The summed E-state index contributed by atoms with van der Waals surface area (Å²) in [6.07, 6.45) is 0. The average Bonchev–Trinajstić information content (AvgIpc) is 3.97. The van der Waals surface area contributed by atoms with Crippen molar-refractivity contribution in [1.29, 1.82) is 0 Å². The second-order valence-corrected chi connectivity index (χ2v) is 16.4. The summed E-state index contributed by atoms with van der Waals surface area (Å²) in [7, 11) is 0. The third kappa shape index (κ3) is 5.22. The molecule has 57 heavy (non-hydrogen) atoms. The number of fused-ring (bicyclic) bond motifs is 9. The number of thiophene rings is 2. The van der Waals surface area contributed by atoms with Gasteiger partial charge in [0.2, 0.25) is 0 Å². The maximum Gasteiger partial charge on any atom is 0.165 e. The number of benzene rings is 8. The zero-order valence-corrected chi connectivity index (χ0v) is 31.9. The van der Waals surface area contributed by atoms with Crippen molar-refractivity contribution in [2.24, 2.45) is 0 Å². The largest absolute Gasteiger partial charge is 0.456 e. The Morgan fingerprint density at radius 1 is 0.333 bits per heavy atom. The Kier molecular flexibility index (Phi) is 7.24. The van der Waals surface area contributed by atoms with Crippen LogP contribution in [0.1, 0.15) is 0 Å². The quantitative estimate of drug-likeness (QED) is 0.175. The molecule has 12 aromatic rings. The van der Waals surface area contributed by atoms with E-state index in [9.17, 15) is 0 Å². The second-order valence-electron chi connectivity index (χ2n) is 14.3. The Bertz CT molecular complexity index is 3470. The molecule has 0 atom stereocenters. The summed E-state index contributed by atoms with van der Waals surface area (Å²) < 4.78 is 11.6. The van der Waals surface area contributed by atoms with E-state index in [4.69, 9.17) is 19.4 Å². The van der Waals surface area contributed by atoms with Crippen molar-refractivity contribution in [2.75, 3.05) is 0 Å². The molecule has 0 fully saturated rings. The highest BCUT2D eigenvalue weighted by molar-refractivity contribution is 7.26. The molecule has 0 unspecified atom stereocenters. The van der Waals surface area contributed by atoms with E-state index in [1.807, 2.05) is 53.8 Å².